The lowest BCUT2D eigenvalue weighted by Crippen LogP contribution is -2.51. The van der Waals surface area contributed by atoms with E-state index in [1.807, 2.05) is 32.0 Å². The molecule has 4 amide bonds. The van der Waals surface area contributed by atoms with Gasteiger partial charge in [-0.15, -0.1) is 0 Å². The number of rotatable bonds is 4. The molecule has 1 N–H and O–H groups in total. The van der Waals surface area contributed by atoms with Crippen LogP contribution < -0.4 is 5.32 Å². The van der Waals surface area contributed by atoms with Crippen molar-refractivity contribution in [1.29, 1.82) is 0 Å². The number of benzene rings is 1. The second-order valence-electron chi connectivity index (χ2n) is 6.42. The van der Waals surface area contributed by atoms with E-state index in [0.717, 1.165) is 16.9 Å². The fraction of sp³-hybridized carbons (Fsp3) is 0.500. The van der Waals surface area contributed by atoms with E-state index in [4.69, 9.17) is 0 Å². The number of carbonyl (C=O) groups excluding carboxylic acids is 3. The Labute approximate surface area is 141 Å². The van der Waals surface area contributed by atoms with Crippen LogP contribution in [0.25, 0.3) is 0 Å². The third kappa shape index (κ3) is 2.66. The van der Waals surface area contributed by atoms with Crippen LogP contribution in [0.15, 0.2) is 24.3 Å². The number of hydrogen-bond acceptors (Lipinski definition) is 3. The van der Waals surface area contributed by atoms with Gasteiger partial charge in [0.15, 0.2) is 0 Å². The van der Waals surface area contributed by atoms with Gasteiger partial charge in [-0.1, -0.05) is 24.3 Å². The number of hydrogen-bond donors (Lipinski definition) is 1. The molecule has 2 aliphatic rings. The van der Waals surface area contributed by atoms with Gasteiger partial charge < -0.3 is 10.2 Å². The highest BCUT2D eigenvalue weighted by molar-refractivity contribution is 6.09. The molecule has 1 atom stereocenters. The van der Waals surface area contributed by atoms with Gasteiger partial charge in [0.05, 0.1) is 0 Å². The van der Waals surface area contributed by atoms with Crippen LogP contribution in [0.5, 0.6) is 0 Å². The predicted molar refractivity (Wildman–Crippen MR) is 89.4 cm³/mol. The Hall–Kier alpha value is -2.37. The fourth-order valence-electron chi connectivity index (χ4n) is 3.66. The fourth-order valence-corrected chi connectivity index (χ4v) is 3.66. The first-order chi connectivity index (χ1) is 11.5. The summed E-state index contributed by atoms with van der Waals surface area (Å²) in [6.45, 7) is 4.71. The first kappa shape index (κ1) is 16.5. The van der Waals surface area contributed by atoms with Crippen molar-refractivity contribution in [3.8, 4) is 0 Å². The van der Waals surface area contributed by atoms with Gasteiger partial charge >= 0.3 is 6.03 Å². The summed E-state index contributed by atoms with van der Waals surface area (Å²) < 4.78 is 0. The topological polar surface area (TPSA) is 69.7 Å². The molecule has 24 heavy (non-hydrogen) atoms. The Bertz CT molecular complexity index is 684. The van der Waals surface area contributed by atoms with E-state index < -0.39 is 11.6 Å². The van der Waals surface area contributed by atoms with Crippen LogP contribution in [-0.2, 0) is 22.4 Å². The maximum absolute atomic E-state index is 12.9. The van der Waals surface area contributed by atoms with Crippen LogP contribution in [0, 0.1) is 0 Å². The molecule has 0 bridgehead atoms. The summed E-state index contributed by atoms with van der Waals surface area (Å²) in [5.41, 5.74) is 1.42. The molecule has 0 saturated carbocycles. The summed E-state index contributed by atoms with van der Waals surface area (Å²) in [5.74, 6) is -0.473. The molecule has 1 fully saturated rings. The van der Waals surface area contributed by atoms with Crippen molar-refractivity contribution in [2.75, 3.05) is 19.6 Å². The molecule has 3 rings (SSSR count). The largest absolute Gasteiger partial charge is 0.342 e. The Morgan fingerprint density at radius 2 is 1.88 bits per heavy atom. The van der Waals surface area contributed by atoms with E-state index in [1.54, 1.807) is 4.90 Å². The van der Waals surface area contributed by atoms with E-state index in [1.165, 1.54) is 5.56 Å². The summed E-state index contributed by atoms with van der Waals surface area (Å²) in [4.78, 5) is 40.2. The molecule has 1 spiro atoms. The van der Waals surface area contributed by atoms with Crippen LogP contribution in [0.4, 0.5) is 4.79 Å². The van der Waals surface area contributed by atoms with Gasteiger partial charge in [-0.25, -0.2) is 4.79 Å². The molecule has 1 heterocycles. The summed E-state index contributed by atoms with van der Waals surface area (Å²) in [5, 5.41) is 2.86. The smallest absolute Gasteiger partial charge is 0.325 e. The highest BCUT2D eigenvalue weighted by Crippen LogP contribution is 2.33. The maximum atomic E-state index is 12.9. The number of nitrogens with one attached hydrogen (secondary N) is 1. The van der Waals surface area contributed by atoms with E-state index in [9.17, 15) is 14.4 Å². The molecule has 1 aromatic rings. The van der Waals surface area contributed by atoms with Crippen molar-refractivity contribution in [3.05, 3.63) is 35.4 Å². The Kier molecular flexibility index (Phi) is 4.30. The van der Waals surface area contributed by atoms with Crippen LogP contribution in [0.1, 0.15) is 31.4 Å². The van der Waals surface area contributed by atoms with E-state index >= 15 is 0 Å². The number of imide groups is 1. The number of carbonyl (C=O) groups is 3. The molecular formula is C18H23N3O3. The molecule has 1 aliphatic heterocycles. The molecule has 0 radical (unpaired) electrons. The molecule has 1 saturated heterocycles. The lowest BCUT2D eigenvalue weighted by molar-refractivity contribution is -0.139. The summed E-state index contributed by atoms with van der Waals surface area (Å²) >= 11 is 0. The van der Waals surface area contributed by atoms with Gasteiger partial charge in [0.1, 0.15) is 12.1 Å². The minimum Gasteiger partial charge on any atom is -0.342 e. The molecule has 1 aromatic carbocycles. The normalized spacial score (nSPS) is 22.5. The van der Waals surface area contributed by atoms with Gasteiger partial charge in [-0.05, 0) is 37.8 Å². The summed E-state index contributed by atoms with van der Waals surface area (Å²) in [6.07, 6.45) is 1.81. The standard InChI is InChI=1S/C18H23N3O3/c1-3-20(4-2)15(22)12-21-16(23)18(19-17(21)24)10-9-13-7-5-6-8-14(13)11-18/h5-8H,3-4,9-12H2,1-2H3,(H,19,24)/t18-/m1/s1. The van der Waals surface area contributed by atoms with Gasteiger partial charge in [0.25, 0.3) is 5.91 Å². The molecule has 6 nitrogen and oxygen atoms in total. The molecule has 128 valence electrons. The van der Waals surface area contributed by atoms with E-state index in [2.05, 4.69) is 11.4 Å². The summed E-state index contributed by atoms with van der Waals surface area (Å²) in [7, 11) is 0. The molecule has 0 unspecified atom stereocenters. The Balaban J connectivity index is 1.79. The van der Waals surface area contributed by atoms with Gasteiger partial charge in [0.2, 0.25) is 5.91 Å². The molecule has 6 heteroatoms. The number of likely N-dealkylation sites (N-methyl/N-ethyl adjacent to an activating group) is 1. The maximum Gasteiger partial charge on any atom is 0.325 e. The van der Waals surface area contributed by atoms with Gasteiger partial charge in [-0.3, -0.25) is 14.5 Å². The van der Waals surface area contributed by atoms with Crippen molar-refractivity contribution in [2.45, 2.75) is 38.6 Å². The zero-order valence-corrected chi connectivity index (χ0v) is 14.2. The third-order valence-electron chi connectivity index (χ3n) is 5.09. The first-order valence-electron chi connectivity index (χ1n) is 8.49. The molecular weight excluding hydrogens is 306 g/mol. The zero-order valence-electron chi connectivity index (χ0n) is 14.2. The Morgan fingerprint density at radius 1 is 1.21 bits per heavy atom. The number of amides is 4. The van der Waals surface area contributed by atoms with Crippen molar-refractivity contribution in [3.63, 3.8) is 0 Å². The second-order valence-corrected chi connectivity index (χ2v) is 6.42. The lowest BCUT2D eigenvalue weighted by atomic mass is 9.78. The lowest BCUT2D eigenvalue weighted by Gasteiger charge is -2.32. The van der Waals surface area contributed by atoms with Crippen LogP contribution in [0.3, 0.4) is 0 Å². The number of urea groups is 1. The second kappa shape index (κ2) is 6.26. The van der Waals surface area contributed by atoms with Crippen molar-refractivity contribution < 1.29 is 14.4 Å². The SMILES string of the molecule is CCN(CC)C(=O)CN1C(=O)N[C@@]2(CCc3ccccc3C2)C1=O. The number of aryl methyl sites for hydroxylation is 1. The monoisotopic (exact) mass is 329 g/mol. The minimum absolute atomic E-state index is 0.185. The number of fused-ring (bicyclic) bond motifs is 1. The van der Waals surface area contributed by atoms with Gasteiger partial charge in [0, 0.05) is 19.5 Å². The van der Waals surface area contributed by atoms with Crippen molar-refractivity contribution >= 4 is 17.8 Å². The average molecular weight is 329 g/mol. The average Bonchev–Trinajstić information content (AvgIpc) is 2.80. The highest BCUT2D eigenvalue weighted by Gasteiger charge is 2.52. The van der Waals surface area contributed by atoms with Crippen LogP contribution in [0.2, 0.25) is 0 Å². The highest BCUT2D eigenvalue weighted by atomic mass is 16.2. The van der Waals surface area contributed by atoms with Crippen LogP contribution >= 0.6 is 0 Å². The van der Waals surface area contributed by atoms with E-state index in [0.29, 0.717) is 25.9 Å². The van der Waals surface area contributed by atoms with Gasteiger partial charge in [-0.2, -0.15) is 0 Å². The van der Waals surface area contributed by atoms with Crippen molar-refractivity contribution in [2.24, 2.45) is 0 Å². The molecule has 0 aromatic heterocycles. The third-order valence-corrected chi connectivity index (χ3v) is 5.09. The number of nitrogens with zero attached hydrogens (tertiary/aromatic N) is 2. The van der Waals surface area contributed by atoms with E-state index in [-0.39, 0.29) is 18.4 Å². The predicted octanol–water partition coefficient (Wildman–Crippen LogP) is 1.33. The quantitative estimate of drug-likeness (QED) is 0.848. The zero-order chi connectivity index (χ0) is 17.3. The summed E-state index contributed by atoms with van der Waals surface area (Å²) in [6, 6.07) is 7.53. The Morgan fingerprint density at radius 3 is 2.54 bits per heavy atom. The van der Waals surface area contributed by atoms with Crippen molar-refractivity contribution in [1.82, 2.24) is 15.1 Å². The molecule has 1 aliphatic carbocycles. The van der Waals surface area contributed by atoms with Crippen LogP contribution in [-0.4, -0.2) is 52.8 Å². The first-order valence-corrected chi connectivity index (χ1v) is 8.49. The minimum atomic E-state index is -0.894.